The van der Waals surface area contributed by atoms with Gasteiger partial charge in [-0.05, 0) is 64.5 Å². The molecule has 1 N–H and O–H groups in total. The van der Waals surface area contributed by atoms with Gasteiger partial charge in [0.15, 0.2) is 0 Å². The summed E-state index contributed by atoms with van der Waals surface area (Å²) in [6.07, 6.45) is 7.83. The standard InChI is InChI=1S/C17H19BrN2/c1-19-17(15-9-16(18)11-20-10-15)14-7-5-13(6-8-14)12-3-2-4-12/h5-12,17,19H,2-4H2,1H3. The van der Waals surface area contributed by atoms with Gasteiger partial charge in [-0.1, -0.05) is 30.7 Å². The zero-order chi connectivity index (χ0) is 13.9. The average molecular weight is 331 g/mol. The first-order valence-electron chi connectivity index (χ1n) is 7.15. The SMILES string of the molecule is CNC(c1ccc(C2CCC2)cc1)c1cncc(Br)c1. The number of aromatic nitrogens is 1. The van der Waals surface area contributed by atoms with E-state index >= 15 is 0 Å². The second-order valence-electron chi connectivity index (χ2n) is 5.45. The quantitative estimate of drug-likeness (QED) is 0.897. The van der Waals surface area contributed by atoms with Crippen molar-refractivity contribution in [3.63, 3.8) is 0 Å². The van der Waals surface area contributed by atoms with Crippen molar-refractivity contribution < 1.29 is 0 Å². The molecule has 3 rings (SSSR count). The van der Waals surface area contributed by atoms with Gasteiger partial charge < -0.3 is 5.32 Å². The van der Waals surface area contributed by atoms with Gasteiger partial charge in [0.25, 0.3) is 0 Å². The maximum atomic E-state index is 4.26. The van der Waals surface area contributed by atoms with Crippen molar-refractivity contribution in [3.05, 3.63) is 63.9 Å². The molecule has 20 heavy (non-hydrogen) atoms. The Balaban J connectivity index is 1.85. The van der Waals surface area contributed by atoms with E-state index in [-0.39, 0.29) is 6.04 Å². The van der Waals surface area contributed by atoms with Crippen LogP contribution >= 0.6 is 15.9 Å². The third-order valence-corrected chi connectivity index (χ3v) is 4.63. The number of hydrogen-bond acceptors (Lipinski definition) is 2. The number of nitrogens with one attached hydrogen (secondary N) is 1. The summed E-state index contributed by atoms with van der Waals surface area (Å²) in [6, 6.07) is 11.4. The first-order chi connectivity index (χ1) is 9.78. The Morgan fingerprint density at radius 3 is 2.45 bits per heavy atom. The molecule has 0 radical (unpaired) electrons. The smallest absolute Gasteiger partial charge is 0.0589 e. The second-order valence-corrected chi connectivity index (χ2v) is 6.37. The monoisotopic (exact) mass is 330 g/mol. The van der Waals surface area contributed by atoms with Crippen LogP contribution in [-0.2, 0) is 0 Å². The highest BCUT2D eigenvalue weighted by Crippen LogP contribution is 2.36. The fourth-order valence-electron chi connectivity index (χ4n) is 2.81. The van der Waals surface area contributed by atoms with Gasteiger partial charge in [-0.25, -0.2) is 0 Å². The van der Waals surface area contributed by atoms with Crippen LogP contribution in [0.3, 0.4) is 0 Å². The Morgan fingerprint density at radius 1 is 1.15 bits per heavy atom. The molecule has 1 unspecified atom stereocenters. The fourth-order valence-corrected chi connectivity index (χ4v) is 3.20. The van der Waals surface area contributed by atoms with Crippen molar-refractivity contribution in [2.75, 3.05) is 7.05 Å². The van der Waals surface area contributed by atoms with Gasteiger partial charge in [-0.2, -0.15) is 0 Å². The molecule has 2 aromatic rings. The number of pyridine rings is 1. The van der Waals surface area contributed by atoms with Gasteiger partial charge in [-0.15, -0.1) is 0 Å². The van der Waals surface area contributed by atoms with Crippen LogP contribution in [-0.4, -0.2) is 12.0 Å². The molecule has 0 spiro atoms. The molecule has 0 saturated heterocycles. The molecule has 1 aromatic carbocycles. The number of nitrogens with zero attached hydrogens (tertiary/aromatic N) is 1. The van der Waals surface area contributed by atoms with Gasteiger partial charge in [0.05, 0.1) is 6.04 Å². The zero-order valence-electron chi connectivity index (χ0n) is 11.6. The summed E-state index contributed by atoms with van der Waals surface area (Å²) >= 11 is 3.49. The van der Waals surface area contributed by atoms with E-state index in [2.05, 4.69) is 56.6 Å². The Bertz CT molecular complexity index is 576. The van der Waals surface area contributed by atoms with Crippen LogP contribution < -0.4 is 5.32 Å². The van der Waals surface area contributed by atoms with E-state index in [0.29, 0.717) is 0 Å². The molecule has 0 amide bonds. The van der Waals surface area contributed by atoms with Crippen LogP contribution in [0.4, 0.5) is 0 Å². The lowest BCUT2D eigenvalue weighted by molar-refractivity contribution is 0.419. The molecule has 104 valence electrons. The van der Waals surface area contributed by atoms with Crippen molar-refractivity contribution in [3.8, 4) is 0 Å². The van der Waals surface area contributed by atoms with Crippen LogP contribution in [0.25, 0.3) is 0 Å². The third kappa shape index (κ3) is 2.79. The first-order valence-corrected chi connectivity index (χ1v) is 7.95. The molecule has 0 bridgehead atoms. The first kappa shape index (κ1) is 13.8. The lowest BCUT2D eigenvalue weighted by Crippen LogP contribution is -2.18. The minimum Gasteiger partial charge on any atom is -0.309 e. The summed E-state index contributed by atoms with van der Waals surface area (Å²) in [6.45, 7) is 0. The van der Waals surface area contributed by atoms with E-state index in [1.54, 1.807) is 0 Å². The lowest BCUT2D eigenvalue weighted by atomic mass is 9.79. The highest BCUT2D eigenvalue weighted by molar-refractivity contribution is 9.10. The molecule has 1 fully saturated rings. The molecule has 1 heterocycles. The van der Waals surface area contributed by atoms with Crippen molar-refractivity contribution in [1.29, 1.82) is 0 Å². The van der Waals surface area contributed by atoms with E-state index in [1.165, 1.54) is 36.0 Å². The van der Waals surface area contributed by atoms with Crippen molar-refractivity contribution in [1.82, 2.24) is 10.3 Å². The van der Waals surface area contributed by atoms with Crippen LogP contribution in [0, 0.1) is 0 Å². The zero-order valence-corrected chi connectivity index (χ0v) is 13.2. The van der Waals surface area contributed by atoms with Crippen LogP contribution in [0.2, 0.25) is 0 Å². The lowest BCUT2D eigenvalue weighted by Gasteiger charge is -2.26. The predicted molar refractivity (Wildman–Crippen MR) is 85.9 cm³/mol. The Hall–Kier alpha value is -1.19. The summed E-state index contributed by atoms with van der Waals surface area (Å²) in [5, 5.41) is 3.38. The molecule has 1 aliphatic rings. The largest absolute Gasteiger partial charge is 0.309 e. The molecule has 1 aromatic heterocycles. The van der Waals surface area contributed by atoms with Crippen LogP contribution in [0.5, 0.6) is 0 Å². The summed E-state index contributed by atoms with van der Waals surface area (Å²) in [7, 11) is 1.99. The van der Waals surface area contributed by atoms with Gasteiger partial charge >= 0.3 is 0 Å². The molecular weight excluding hydrogens is 312 g/mol. The molecule has 1 atom stereocenters. The molecule has 1 saturated carbocycles. The van der Waals surface area contributed by atoms with Gasteiger partial charge in [0, 0.05) is 16.9 Å². The predicted octanol–water partition coefficient (Wildman–Crippen LogP) is 4.42. The van der Waals surface area contributed by atoms with Gasteiger partial charge in [0.2, 0.25) is 0 Å². The fraction of sp³-hybridized carbons (Fsp3) is 0.353. The van der Waals surface area contributed by atoms with Crippen molar-refractivity contribution in [2.45, 2.75) is 31.2 Å². The molecular formula is C17H19BrN2. The maximum absolute atomic E-state index is 4.26. The van der Waals surface area contributed by atoms with E-state index in [1.807, 2.05) is 19.4 Å². The summed E-state index contributed by atoms with van der Waals surface area (Å²) in [5.74, 6) is 0.796. The summed E-state index contributed by atoms with van der Waals surface area (Å²) in [4.78, 5) is 4.26. The summed E-state index contributed by atoms with van der Waals surface area (Å²) in [5.41, 5.74) is 3.95. The maximum Gasteiger partial charge on any atom is 0.0589 e. The van der Waals surface area contributed by atoms with Gasteiger partial charge in [0.1, 0.15) is 0 Å². The minimum atomic E-state index is 0.190. The highest BCUT2D eigenvalue weighted by atomic mass is 79.9. The Morgan fingerprint density at radius 2 is 1.90 bits per heavy atom. The highest BCUT2D eigenvalue weighted by Gasteiger charge is 2.20. The second kappa shape index (κ2) is 6.06. The number of benzene rings is 1. The van der Waals surface area contributed by atoms with Crippen LogP contribution in [0.1, 0.15) is 47.9 Å². The Kier molecular flexibility index (Phi) is 4.18. The average Bonchev–Trinajstić information content (AvgIpc) is 2.40. The molecule has 3 heteroatoms. The number of hydrogen-bond donors (Lipinski definition) is 1. The topological polar surface area (TPSA) is 24.9 Å². The normalized spacial score (nSPS) is 16.7. The number of rotatable bonds is 4. The van der Waals surface area contributed by atoms with Gasteiger partial charge in [-0.3, -0.25) is 4.98 Å². The van der Waals surface area contributed by atoms with E-state index in [4.69, 9.17) is 0 Å². The van der Waals surface area contributed by atoms with Crippen LogP contribution in [0.15, 0.2) is 47.2 Å². The number of halogens is 1. The van der Waals surface area contributed by atoms with E-state index in [9.17, 15) is 0 Å². The minimum absolute atomic E-state index is 0.190. The Labute approximate surface area is 128 Å². The summed E-state index contributed by atoms with van der Waals surface area (Å²) < 4.78 is 1.02. The molecule has 1 aliphatic carbocycles. The van der Waals surface area contributed by atoms with Crippen molar-refractivity contribution >= 4 is 15.9 Å². The van der Waals surface area contributed by atoms with E-state index in [0.717, 1.165) is 10.4 Å². The third-order valence-electron chi connectivity index (χ3n) is 4.19. The van der Waals surface area contributed by atoms with Crippen molar-refractivity contribution in [2.24, 2.45) is 0 Å². The molecule has 0 aliphatic heterocycles. The van der Waals surface area contributed by atoms with E-state index < -0.39 is 0 Å². The molecule has 2 nitrogen and oxygen atoms in total.